The maximum absolute atomic E-state index is 14.7. The Morgan fingerprint density at radius 2 is 0.497 bits per heavy atom. The molecule has 18 amide bonds. The Balaban J connectivity index is 3.68. The Bertz CT molecular complexity index is 4470. The minimum atomic E-state index is -1.84. The molecule has 0 bridgehead atoms. The molecule has 0 heterocycles. The van der Waals surface area contributed by atoms with Gasteiger partial charge in [-0.15, -0.1) is 0 Å². The summed E-state index contributed by atoms with van der Waals surface area (Å²) < 4.78 is 0. The van der Waals surface area contributed by atoms with Gasteiger partial charge in [0.15, 0.2) is 0 Å². The fraction of sp³-hybridized carbons (Fsp3) is 0.688. The first-order valence-electron chi connectivity index (χ1n) is 48.7. The summed E-state index contributed by atoms with van der Waals surface area (Å²) in [5.41, 5.74) is 28.8. The van der Waals surface area contributed by atoms with Crippen LogP contribution in [0.25, 0.3) is 0 Å². The minimum Gasteiger partial charge on any atom is -0.508 e. The zero-order valence-electron chi connectivity index (χ0n) is 84.6. The quantitative estimate of drug-likeness (QED) is 0.0216. The molecule has 0 unspecified atom stereocenters. The van der Waals surface area contributed by atoms with Gasteiger partial charge in [0.1, 0.15) is 102 Å². The molecule has 145 heavy (non-hydrogen) atoms. The Morgan fingerprint density at radius 3 is 0.759 bits per heavy atom. The van der Waals surface area contributed by atoms with Crippen molar-refractivity contribution >= 4 is 149 Å². The molecule has 1 rings (SSSR count). The predicted molar refractivity (Wildman–Crippen MR) is 528 cm³/mol. The van der Waals surface area contributed by atoms with Crippen molar-refractivity contribution in [1.29, 1.82) is 0 Å². The van der Waals surface area contributed by atoms with Crippen molar-refractivity contribution < 1.29 is 141 Å². The molecule has 33 N–H and O–H groups in total. The third-order valence-electron chi connectivity index (χ3n) is 22.4. The average molecular weight is 2080 g/mol. The molecule has 52 heteroatoms. The molecule has 1 aromatic rings. The number of carboxylic acids is 5. The van der Waals surface area contributed by atoms with Crippen molar-refractivity contribution in [2.24, 2.45) is 58.3 Å². The van der Waals surface area contributed by atoms with E-state index in [1.165, 1.54) is 38.1 Å². The number of aromatic hydroxyl groups is 1. The number of phenolic OH excluding ortho intramolecular Hbond substituents is 1. The van der Waals surface area contributed by atoms with Gasteiger partial charge in [-0.25, -0.2) is 0 Å². The first-order chi connectivity index (χ1) is 67.9. The van der Waals surface area contributed by atoms with Crippen LogP contribution in [0.4, 0.5) is 0 Å². The molecule has 0 aliphatic heterocycles. The molecule has 0 saturated heterocycles. The second-order valence-corrected chi connectivity index (χ2v) is 38.2. The molecule has 0 spiro atoms. The van der Waals surface area contributed by atoms with Crippen LogP contribution in [0.2, 0.25) is 0 Å². The summed E-state index contributed by atoms with van der Waals surface area (Å²) in [7, 11) is 0. The molecule has 0 fully saturated rings. The van der Waals surface area contributed by atoms with Crippen LogP contribution in [0.1, 0.15) is 243 Å². The van der Waals surface area contributed by atoms with Crippen LogP contribution >= 0.6 is 12.6 Å². The first kappa shape index (κ1) is 130. The molecule has 17 atom stereocenters. The topological polar surface area (TPSA) is 849 Å². The van der Waals surface area contributed by atoms with E-state index in [0.29, 0.717) is 24.8 Å². The number of hydrogen-bond donors (Lipinski definition) is 29. The number of aliphatic carboxylic acids is 5. The van der Waals surface area contributed by atoms with E-state index in [-0.39, 0.29) is 126 Å². The van der Waals surface area contributed by atoms with E-state index in [9.17, 15) is 141 Å². The van der Waals surface area contributed by atoms with E-state index in [1.807, 2.05) is 0 Å². The fourth-order valence-corrected chi connectivity index (χ4v) is 14.7. The van der Waals surface area contributed by atoms with Crippen LogP contribution in [-0.4, -0.2) is 301 Å². The maximum atomic E-state index is 14.7. The fourth-order valence-electron chi connectivity index (χ4n) is 14.6. The number of primary amides is 1. The SMILES string of the molecule is CC(C)C[C@H](NC(=O)[C@H](C)NC(=O)[C@H](Cc1ccc(O)cc1)NC(=O)[C@H](CC(C)C)NC(=O)[C@H](CCC(=O)O)NC(=O)[C@H](CCCCN)NC(=O)[C@H](CCC(=O)O)NC(=O)[C@H](CC(C)C)NC(=O)[C@H](C)NC(=O)CNC(=O)[C@H](CC(C)C)NC(=O)[C@H](CCC(=O)O)NC(=O)[C@H](CCCCN)NC(=O)[C@H](CCC(=O)O)NC(=O)[C@H](CC(C)C)NC(=O)[C@@H](N)CS)C(=O)N[C@@H](CCC(=O)O)C(=O)N[C@@H](CCCCN)C(N)=O. The third-order valence-corrected chi connectivity index (χ3v) is 22.7. The van der Waals surface area contributed by atoms with Gasteiger partial charge in [0.05, 0.1) is 12.6 Å². The Morgan fingerprint density at radius 1 is 0.276 bits per heavy atom. The number of thiol groups is 1. The van der Waals surface area contributed by atoms with E-state index in [0.717, 1.165) is 0 Å². The maximum Gasteiger partial charge on any atom is 0.303 e. The third kappa shape index (κ3) is 54.5. The largest absolute Gasteiger partial charge is 0.508 e. The van der Waals surface area contributed by atoms with Crippen LogP contribution in [0, 0.1) is 29.6 Å². The second kappa shape index (κ2) is 69.1. The minimum absolute atomic E-state index is 0.0432. The molecule has 818 valence electrons. The number of nitrogens with one attached hydrogen (secondary N) is 17. The number of carbonyl (C=O) groups excluding carboxylic acids is 18. The van der Waals surface area contributed by atoms with Gasteiger partial charge in [-0.2, -0.15) is 12.6 Å². The highest BCUT2D eigenvalue weighted by Gasteiger charge is 2.40. The summed E-state index contributed by atoms with van der Waals surface area (Å²) in [6.07, 6.45) is -6.14. The van der Waals surface area contributed by atoms with Crippen molar-refractivity contribution in [3.05, 3.63) is 29.8 Å². The summed E-state index contributed by atoms with van der Waals surface area (Å²) in [5, 5.41) is 101. The van der Waals surface area contributed by atoms with Gasteiger partial charge in [0.25, 0.3) is 0 Å². The lowest BCUT2D eigenvalue weighted by Gasteiger charge is -2.29. The highest BCUT2D eigenvalue weighted by atomic mass is 32.1. The molecule has 0 aromatic heterocycles. The van der Waals surface area contributed by atoms with Crippen LogP contribution in [0.5, 0.6) is 5.75 Å². The summed E-state index contributed by atoms with van der Waals surface area (Å²) in [6, 6.07) is -20.9. The van der Waals surface area contributed by atoms with Gasteiger partial charge in [0, 0.05) is 44.3 Å². The number of nitrogens with two attached hydrogens (primary N) is 5. The number of unbranched alkanes of at least 4 members (excludes halogenated alkanes) is 3. The van der Waals surface area contributed by atoms with Gasteiger partial charge in [-0.05, 0) is 203 Å². The van der Waals surface area contributed by atoms with E-state index < -0.39 is 321 Å². The Hall–Kier alpha value is -13.0. The number of hydrogen-bond acceptors (Lipinski definition) is 29. The summed E-state index contributed by atoms with van der Waals surface area (Å²) >= 11 is 4.03. The molecular formula is C93H156N22O29S. The van der Waals surface area contributed by atoms with Crippen molar-refractivity contribution in [3.63, 3.8) is 0 Å². The van der Waals surface area contributed by atoms with E-state index in [1.54, 1.807) is 69.2 Å². The van der Waals surface area contributed by atoms with Crippen molar-refractivity contribution in [2.45, 2.75) is 346 Å². The molecule has 0 saturated carbocycles. The van der Waals surface area contributed by atoms with Gasteiger partial charge in [-0.3, -0.25) is 110 Å². The van der Waals surface area contributed by atoms with Crippen LogP contribution in [0.15, 0.2) is 24.3 Å². The van der Waals surface area contributed by atoms with Gasteiger partial charge in [-0.1, -0.05) is 81.4 Å². The summed E-state index contributed by atoms with van der Waals surface area (Å²) in [6.45, 7) is 18.8. The van der Waals surface area contributed by atoms with Crippen molar-refractivity contribution in [2.75, 3.05) is 31.9 Å². The Kier molecular flexibility index (Phi) is 62.0. The van der Waals surface area contributed by atoms with Crippen molar-refractivity contribution in [3.8, 4) is 5.75 Å². The summed E-state index contributed by atoms with van der Waals surface area (Å²) in [5.74, 6) is -27.4. The van der Waals surface area contributed by atoms with Crippen LogP contribution in [-0.2, 0) is 117 Å². The van der Waals surface area contributed by atoms with Gasteiger partial charge >= 0.3 is 29.8 Å². The second-order valence-electron chi connectivity index (χ2n) is 37.8. The average Bonchev–Trinajstić information content (AvgIpc) is 0.846. The standard InChI is InChI=1S/C93H156N22O29S/c1-47(2)39-65(113-87(138)63(29-34-75(124)125)105-82(133)58(20-14-17-37-95)104-86(137)62(28-33-74(122)123)109-92(143)68(42-50(7)8)112-80(131)56(97)46-145)81(132)99-45-71(117)100-52(11)78(129)110-66(40-48(3)4)90(141)108-61(27-32-73(120)121)85(136)103-59(21-15-18-38-96)83(134)106-64(30-35-76(126)127)88(139)114-69(43-51(9)10)93(144)115-70(44-54-22-24-55(116)25-23-54)89(140)101-53(12)79(130)111-67(41-49(5)6)91(142)107-60(26-31-72(118)119)84(135)102-57(77(98)128)19-13-16-36-94/h22-25,47-53,56-70,116,145H,13-21,26-46,94-97H2,1-12H3,(H2,98,128)(H,99,132)(H,100,117)(H,101,140)(H,102,135)(H,103,136)(H,104,137)(H,105,133)(H,106,134)(H,107,142)(H,108,141)(H,109,143)(H,110,129)(H,111,130)(H,112,131)(H,113,138)(H,114,139)(H,115,144)(H,118,119)(H,120,121)(H,122,123)(H,124,125)(H,126,127)/t52-,53-,56-,57-,58-,59-,60-,61-,62-,63-,64-,65-,66-,67-,68-,69-,70-/m0/s1. The molecule has 51 nitrogen and oxygen atoms in total. The van der Waals surface area contributed by atoms with Gasteiger partial charge in [0.2, 0.25) is 106 Å². The highest BCUT2D eigenvalue weighted by Crippen LogP contribution is 2.19. The lowest BCUT2D eigenvalue weighted by molar-refractivity contribution is -0.140. The van der Waals surface area contributed by atoms with E-state index >= 15 is 0 Å². The number of carbonyl (C=O) groups is 23. The summed E-state index contributed by atoms with van der Waals surface area (Å²) in [4.78, 5) is 313. The Labute approximate surface area is 848 Å². The van der Waals surface area contributed by atoms with E-state index in [2.05, 4.69) is 103 Å². The molecule has 0 aliphatic rings. The van der Waals surface area contributed by atoms with Crippen LogP contribution in [0.3, 0.4) is 0 Å². The molecule has 0 radical (unpaired) electrons. The lowest BCUT2D eigenvalue weighted by Crippen LogP contribution is -2.61. The molecule has 1 aromatic carbocycles. The van der Waals surface area contributed by atoms with E-state index in [4.69, 9.17) is 28.7 Å². The smallest absolute Gasteiger partial charge is 0.303 e. The number of phenols is 1. The van der Waals surface area contributed by atoms with Crippen LogP contribution < -0.4 is 119 Å². The number of benzene rings is 1. The first-order valence-corrected chi connectivity index (χ1v) is 49.4. The molecule has 0 aliphatic carbocycles. The lowest BCUT2D eigenvalue weighted by atomic mass is 9.99. The normalized spacial score (nSPS) is 14.8. The predicted octanol–water partition coefficient (Wildman–Crippen LogP) is -4.47. The highest BCUT2D eigenvalue weighted by molar-refractivity contribution is 7.80. The van der Waals surface area contributed by atoms with Gasteiger partial charge < -0.3 is 150 Å². The molecular weight excluding hydrogens is 1920 g/mol. The zero-order valence-corrected chi connectivity index (χ0v) is 85.5. The zero-order chi connectivity index (χ0) is 110. The number of amides is 18. The van der Waals surface area contributed by atoms with Crippen molar-refractivity contribution in [1.82, 2.24) is 90.4 Å². The monoisotopic (exact) mass is 2080 g/mol. The number of rotatable bonds is 75. The number of carboxylic acid groups (broad SMARTS) is 5.